The van der Waals surface area contributed by atoms with E-state index in [4.69, 9.17) is 16.3 Å². The van der Waals surface area contributed by atoms with E-state index in [-0.39, 0.29) is 0 Å². The molecule has 3 aliphatic rings. The molecule has 0 amide bonds. The zero-order valence-corrected chi connectivity index (χ0v) is 13.1. The first-order valence-corrected chi connectivity index (χ1v) is 8.94. The van der Waals surface area contributed by atoms with E-state index in [2.05, 4.69) is 6.92 Å². The van der Waals surface area contributed by atoms with Crippen LogP contribution in [0.3, 0.4) is 0 Å². The fourth-order valence-corrected chi connectivity index (χ4v) is 5.17. The molecule has 1 nitrogen and oxygen atoms in total. The highest BCUT2D eigenvalue weighted by Crippen LogP contribution is 2.55. The highest BCUT2D eigenvalue weighted by molar-refractivity contribution is 6.21. The maximum atomic E-state index is 6.62. The summed E-state index contributed by atoms with van der Waals surface area (Å²) < 4.78 is 6.53. The van der Waals surface area contributed by atoms with Crippen LogP contribution in [0, 0.1) is 11.3 Å². The van der Waals surface area contributed by atoms with Crippen molar-refractivity contribution in [1.82, 2.24) is 0 Å². The van der Waals surface area contributed by atoms with Gasteiger partial charge in [0.25, 0.3) is 0 Å². The minimum Gasteiger partial charge on any atom is -0.374 e. The lowest BCUT2D eigenvalue weighted by molar-refractivity contribution is -0.155. The molecule has 0 aromatic carbocycles. The van der Waals surface area contributed by atoms with Gasteiger partial charge in [-0.25, -0.2) is 0 Å². The van der Waals surface area contributed by atoms with E-state index < -0.39 is 0 Å². The summed E-state index contributed by atoms with van der Waals surface area (Å²) in [4.78, 5) is 0. The quantitative estimate of drug-likeness (QED) is 0.625. The summed E-state index contributed by atoms with van der Waals surface area (Å²) in [5.74, 6) is 0.857. The molecule has 0 radical (unpaired) electrons. The predicted molar refractivity (Wildman–Crippen MR) is 80.7 cm³/mol. The lowest BCUT2D eigenvalue weighted by Gasteiger charge is -2.54. The Morgan fingerprint density at radius 1 is 0.947 bits per heavy atom. The molecule has 110 valence electrons. The van der Waals surface area contributed by atoms with Crippen LogP contribution in [0.25, 0.3) is 0 Å². The lowest BCUT2D eigenvalue weighted by Crippen LogP contribution is -2.56. The monoisotopic (exact) mass is 284 g/mol. The van der Waals surface area contributed by atoms with Gasteiger partial charge >= 0.3 is 0 Å². The Labute approximate surface area is 123 Å². The molecule has 0 aromatic rings. The van der Waals surface area contributed by atoms with Crippen molar-refractivity contribution in [3.05, 3.63) is 0 Å². The third kappa shape index (κ3) is 2.83. The molecule has 0 aromatic heterocycles. The van der Waals surface area contributed by atoms with Gasteiger partial charge in [0, 0.05) is 10.8 Å². The lowest BCUT2D eigenvalue weighted by atomic mass is 9.61. The van der Waals surface area contributed by atoms with Crippen molar-refractivity contribution in [1.29, 1.82) is 0 Å². The molecule has 0 saturated heterocycles. The first-order valence-electron chi connectivity index (χ1n) is 8.50. The Kier molecular flexibility index (Phi) is 4.43. The summed E-state index contributed by atoms with van der Waals surface area (Å²) >= 11 is 6.62. The molecule has 2 heteroatoms. The van der Waals surface area contributed by atoms with Gasteiger partial charge in [-0.15, -0.1) is 11.6 Å². The SMILES string of the molecule is CC1CCCC(OC2CC(Cl)C23CCCCCC3)C1. The molecule has 3 saturated carbocycles. The highest BCUT2D eigenvalue weighted by Gasteiger charge is 2.55. The van der Waals surface area contributed by atoms with Gasteiger partial charge in [0.05, 0.1) is 12.2 Å². The Bertz CT molecular complexity index is 296. The molecular weight excluding hydrogens is 256 g/mol. The second-order valence-electron chi connectivity index (χ2n) is 7.37. The van der Waals surface area contributed by atoms with Gasteiger partial charge in [-0.2, -0.15) is 0 Å². The third-order valence-corrected chi connectivity index (χ3v) is 6.58. The van der Waals surface area contributed by atoms with Crippen molar-refractivity contribution in [2.75, 3.05) is 0 Å². The minimum absolute atomic E-state index is 0.346. The maximum Gasteiger partial charge on any atom is 0.0663 e. The number of ether oxygens (including phenoxy) is 1. The molecule has 0 heterocycles. The van der Waals surface area contributed by atoms with Crippen LogP contribution in [0.4, 0.5) is 0 Å². The van der Waals surface area contributed by atoms with Crippen molar-refractivity contribution in [3.63, 3.8) is 0 Å². The summed E-state index contributed by atoms with van der Waals surface area (Å²) in [6.45, 7) is 2.38. The van der Waals surface area contributed by atoms with E-state index in [1.807, 2.05) is 0 Å². The zero-order valence-electron chi connectivity index (χ0n) is 12.4. The first-order chi connectivity index (χ1) is 9.21. The molecule has 0 bridgehead atoms. The smallest absolute Gasteiger partial charge is 0.0663 e. The standard InChI is InChI=1S/C17H29ClO/c1-13-7-6-8-14(11-13)19-16-12-15(18)17(16)9-4-2-3-5-10-17/h13-16H,2-12H2,1H3. The normalized spacial score (nSPS) is 42.6. The van der Waals surface area contributed by atoms with Gasteiger partial charge in [-0.3, -0.25) is 0 Å². The van der Waals surface area contributed by atoms with Crippen molar-refractivity contribution < 1.29 is 4.74 Å². The molecule has 3 aliphatic carbocycles. The molecule has 3 rings (SSSR count). The van der Waals surface area contributed by atoms with Crippen molar-refractivity contribution in [2.45, 2.75) is 95.1 Å². The Hall–Kier alpha value is 0.250. The van der Waals surface area contributed by atoms with Crippen molar-refractivity contribution in [3.8, 4) is 0 Å². The topological polar surface area (TPSA) is 9.23 Å². The fraction of sp³-hybridized carbons (Fsp3) is 1.00. The molecule has 0 aliphatic heterocycles. The highest BCUT2D eigenvalue weighted by atomic mass is 35.5. The molecule has 0 N–H and O–H groups in total. The summed E-state index contributed by atoms with van der Waals surface area (Å²) in [5.41, 5.74) is 0.346. The van der Waals surface area contributed by atoms with Crippen LogP contribution >= 0.6 is 11.6 Å². The fourth-order valence-electron chi connectivity index (χ4n) is 4.65. The van der Waals surface area contributed by atoms with E-state index in [9.17, 15) is 0 Å². The minimum atomic E-state index is 0.346. The average Bonchev–Trinajstić information content (AvgIpc) is 2.66. The number of hydrogen-bond acceptors (Lipinski definition) is 1. The summed E-state index contributed by atoms with van der Waals surface area (Å²) in [5, 5.41) is 0.386. The molecular formula is C17H29ClO. The van der Waals surface area contributed by atoms with Gasteiger partial charge in [-0.05, 0) is 38.0 Å². The Balaban J connectivity index is 1.60. The van der Waals surface area contributed by atoms with E-state index in [1.54, 1.807) is 0 Å². The Morgan fingerprint density at radius 2 is 1.68 bits per heavy atom. The van der Waals surface area contributed by atoms with Gasteiger partial charge in [0.2, 0.25) is 0 Å². The molecule has 19 heavy (non-hydrogen) atoms. The van der Waals surface area contributed by atoms with Crippen LogP contribution in [0.15, 0.2) is 0 Å². The zero-order chi connectivity index (χ0) is 13.3. The summed E-state index contributed by atoms with van der Waals surface area (Å²) in [6, 6.07) is 0. The second-order valence-corrected chi connectivity index (χ2v) is 7.90. The van der Waals surface area contributed by atoms with Gasteiger partial charge in [-0.1, -0.05) is 45.4 Å². The molecule has 4 atom stereocenters. The number of hydrogen-bond donors (Lipinski definition) is 0. The van der Waals surface area contributed by atoms with E-state index >= 15 is 0 Å². The maximum absolute atomic E-state index is 6.62. The van der Waals surface area contributed by atoms with Crippen LogP contribution in [0.1, 0.15) is 77.6 Å². The van der Waals surface area contributed by atoms with E-state index in [0.717, 1.165) is 12.3 Å². The van der Waals surface area contributed by atoms with Crippen LogP contribution in [-0.2, 0) is 4.74 Å². The average molecular weight is 285 g/mol. The van der Waals surface area contributed by atoms with E-state index in [0.29, 0.717) is 23.0 Å². The van der Waals surface area contributed by atoms with Gasteiger partial charge in [0.1, 0.15) is 0 Å². The van der Waals surface area contributed by atoms with E-state index in [1.165, 1.54) is 64.2 Å². The number of halogens is 1. The largest absolute Gasteiger partial charge is 0.374 e. The van der Waals surface area contributed by atoms with Gasteiger partial charge < -0.3 is 4.74 Å². The Morgan fingerprint density at radius 3 is 2.32 bits per heavy atom. The summed E-state index contributed by atoms with van der Waals surface area (Å²) in [6.07, 6.45) is 15.6. The van der Waals surface area contributed by atoms with Crippen molar-refractivity contribution >= 4 is 11.6 Å². The van der Waals surface area contributed by atoms with Crippen molar-refractivity contribution in [2.24, 2.45) is 11.3 Å². The predicted octanol–water partition coefficient (Wildman–Crippen LogP) is 5.30. The van der Waals surface area contributed by atoms with Gasteiger partial charge in [0.15, 0.2) is 0 Å². The second kappa shape index (κ2) is 5.93. The third-order valence-electron chi connectivity index (χ3n) is 5.97. The molecule has 1 spiro atoms. The molecule has 4 unspecified atom stereocenters. The number of alkyl halides is 1. The van der Waals surface area contributed by atoms with Crippen LogP contribution in [-0.4, -0.2) is 17.6 Å². The van der Waals surface area contributed by atoms with Crippen LogP contribution in [0.2, 0.25) is 0 Å². The number of rotatable bonds is 2. The van der Waals surface area contributed by atoms with Crippen LogP contribution in [0.5, 0.6) is 0 Å². The first kappa shape index (κ1) is 14.2. The van der Waals surface area contributed by atoms with Crippen LogP contribution < -0.4 is 0 Å². The summed E-state index contributed by atoms with van der Waals surface area (Å²) in [7, 11) is 0. The molecule has 3 fully saturated rings.